The van der Waals surface area contributed by atoms with Crippen LogP contribution in [0.1, 0.15) is 24.6 Å². The van der Waals surface area contributed by atoms with E-state index in [-0.39, 0.29) is 5.82 Å². The van der Waals surface area contributed by atoms with E-state index < -0.39 is 0 Å². The fourth-order valence-corrected chi connectivity index (χ4v) is 2.51. The standard InChI is InChI=1S/C16H23FN4/c1-5-9-18-11-15-12(2)19-21(4)16(15)20(3)14-8-6-7-13(17)10-14/h6-8,10,18H,5,9,11H2,1-4H3. The lowest BCUT2D eigenvalue weighted by Gasteiger charge is -2.21. The zero-order valence-corrected chi connectivity index (χ0v) is 13.2. The summed E-state index contributed by atoms with van der Waals surface area (Å²) in [7, 11) is 3.86. The Morgan fingerprint density at radius 3 is 2.81 bits per heavy atom. The highest BCUT2D eigenvalue weighted by atomic mass is 19.1. The average Bonchev–Trinajstić information content (AvgIpc) is 2.73. The third-order valence-electron chi connectivity index (χ3n) is 3.55. The number of anilines is 2. The summed E-state index contributed by atoms with van der Waals surface area (Å²) >= 11 is 0. The molecule has 0 unspecified atom stereocenters. The minimum atomic E-state index is -0.233. The zero-order valence-electron chi connectivity index (χ0n) is 13.2. The molecular weight excluding hydrogens is 267 g/mol. The Morgan fingerprint density at radius 1 is 1.38 bits per heavy atom. The van der Waals surface area contributed by atoms with Crippen LogP contribution in [0, 0.1) is 12.7 Å². The van der Waals surface area contributed by atoms with E-state index in [2.05, 4.69) is 17.3 Å². The van der Waals surface area contributed by atoms with Crippen molar-refractivity contribution >= 4 is 11.5 Å². The number of benzene rings is 1. The monoisotopic (exact) mass is 290 g/mol. The zero-order chi connectivity index (χ0) is 15.4. The van der Waals surface area contributed by atoms with Crippen LogP contribution in [0.4, 0.5) is 15.9 Å². The maximum absolute atomic E-state index is 13.4. The first kappa shape index (κ1) is 15.5. The van der Waals surface area contributed by atoms with Crippen LogP contribution in [-0.4, -0.2) is 23.4 Å². The minimum absolute atomic E-state index is 0.233. The summed E-state index contributed by atoms with van der Waals surface area (Å²) in [6.07, 6.45) is 1.09. The lowest BCUT2D eigenvalue weighted by atomic mass is 10.2. The third-order valence-corrected chi connectivity index (χ3v) is 3.55. The molecule has 0 saturated carbocycles. The summed E-state index contributed by atoms with van der Waals surface area (Å²) in [5, 5.41) is 7.91. The van der Waals surface area contributed by atoms with Crippen LogP contribution in [0.15, 0.2) is 24.3 Å². The van der Waals surface area contributed by atoms with Crippen molar-refractivity contribution < 1.29 is 4.39 Å². The summed E-state index contributed by atoms with van der Waals surface area (Å²) in [6.45, 7) is 5.88. The van der Waals surface area contributed by atoms with Gasteiger partial charge in [-0.25, -0.2) is 4.39 Å². The van der Waals surface area contributed by atoms with Crippen molar-refractivity contribution in [2.45, 2.75) is 26.8 Å². The molecular formula is C16H23FN4. The number of halogens is 1. The maximum atomic E-state index is 13.4. The van der Waals surface area contributed by atoms with E-state index in [1.807, 2.05) is 36.7 Å². The lowest BCUT2D eigenvalue weighted by Crippen LogP contribution is -2.19. The van der Waals surface area contributed by atoms with E-state index >= 15 is 0 Å². The van der Waals surface area contributed by atoms with Crippen LogP contribution in [-0.2, 0) is 13.6 Å². The molecule has 1 heterocycles. The molecule has 0 aliphatic carbocycles. The van der Waals surface area contributed by atoms with Crippen LogP contribution in [0.5, 0.6) is 0 Å². The van der Waals surface area contributed by atoms with Crippen LogP contribution in [0.2, 0.25) is 0 Å². The van der Waals surface area contributed by atoms with Gasteiger partial charge in [-0.15, -0.1) is 0 Å². The molecule has 0 spiro atoms. The maximum Gasteiger partial charge on any atom is 0.135 e. The molecule has 1 aromatic heterocycles. The van der Waals surface area contributed by atoms with Gasteiger partial charge < -0.3 is 10.2 Å². The molecule has 2 aromatic rings. The van der Waals surface area contributed by atoms with E-state index in [4.69, 9.17) is 0 Å². The first-order chi connectivity index (χ1) is 10.0. The van der Waals surface area contributed by atoms with Gasteiger partial charge in [0.2, 0.25) is 0 Å². The van der Waals surface area contributed by atoms with Crippen LogP contribution >= 0.6 is 0 Å². The van der Waals surface area contributed by atoms with Crippen molar-refractivity contribution in [2.24, 2.45) is 7.05 Å². The summed E-state index contributed by atoms with van der Waals surface area (Å²) in [5.41, 5.74) is 2.96. The van der Waals surface area contributed by atoms with Crippen molar-refractivity contribution in [3.8, 4) is 0 Å². The molecule has 0 atom stereocenters. The van der Waals surface area contributed by atoms with Crippen LogP contribution < -0.4 is 10.2 Å². The van der Waals surface area contributed by atoms with Crippen molar-refractivity contribution in [2.75, 3.05) is 18.5 Å². The Hall–Kier alpha value is -1.88. The van der Waals surface area contributed by atoms with Gasteiger partial charge in [-0.1, -0.05) is 13.0 Å². The highest BCUT2D eigenvalue weighted by Crippen LogP contribution is 2.28. The van der Waals surface area contributed by atoms with Gasteiger partial charge in [-0.3, -0.25) is 4.68 Å². The second kappa shape index (κ2) is 6.72. The first-order valence-electron chi connectivity index (χ1n) is 7.27. The summed E-state index contributed by atoms with van der Waals surface area (Å²) in [5.74, 6) is 0.755. The normalized spacial score (nSPS) is 10.9. The molecule has 2 rings (SSSR count). The summed E-state index contributed by atoms with van der Waals surface area (Å²) in [4.78, 5) is 1.98. The highest BCUT2D eigenvalue weighted by molar-refractivity contribution is 5.63. The topological polar surface area (TPSA) is 33.1 Å². The second-order valence-electron chi connectivity index (χ2n) is 5.23. The third kappa shape index (κ3) is 3.42. The quantitative estimate of drug-likeness (QED) is 0.830. The number of aryl methyl sites for hydroxylation is 2. The smallest absolute Gasteiger partial charge is 0.135 e. The van der Waals surface area contributed by atoms with Crippen LogP contribution in [0.25, 0.3) is 0 Å². The minimum Gasteiger partial charge on any atom is -0.329 e. The first-order valence-corrected chi connectivity index (χ1v) is 7.27. The van der Waals surface area contributed by atoms with Gasteiger partial charge in [-0.05, 0) is 38.1 Å². The SMILES string of the molecule is CCCNCc1c(C)nn(C)c1N(C)c1cccc(F)c1. The molecule has 1 aromatic carbocycles. The van der Waals surface area contributed by atoms with Gasteiger partial charge in [0.05, 0.1) is 5.69 Å². The number of hydrogen-bond donors (Lipinski definition) is 1. The van der Waals surface area contributed by atoms with Crippen molar-refractivity contribution in [1.29, 1.82) is 0 Å². The molecule has 0 fully saturated rings. The van der Waals surface area contributed by atoms with Gasteiger partial charge in [0.1, 0.15) is 11.6 Å². The van der Waals surface area contributed by atoms with Gasteiger partial charge in [0, 0.05) is 31.9 Å². The Labute approximate surface area is 125 Å². The van der Waals surface area contributed by atoms with E-state index in [0.29, 0.717) is 0 Å². The molecule has 21 heavy (non-hydrogen) atoms. The lowest BCUT2D eigenvalue weighted by molar-refractivity contribution is 0.627. The Morgan fingerprint density at radius 2 is 2.14 bits per heavy atom. The Kier molecular flexibility index (Phi) is 4.96. The highest BCUT2D eigenvalue weighted by Gasteiger charge is 2.17. The molecule has 114 valence electrons. The van der Waals surface area contributed by atoms with Crippen molar-refractivity contribution in [3.05, 3.63) is 41.3 Å². The fraction of sp³-hybridized carbons (Fsp3) is 0.438. The summed E-state index contributed by atoms with van der Waals surface area (Å²) < 4.78 is 15.3. The molecule has 0 radical (unpaired) electrons. The van der Waals surface area contributed by atoms with Gasteiger partial charge in [0.25, 0.3) is 0 Å². The van der Waals surface area contributed by atoms with Gasteiger partial charge in [-0.2, -0.15) is 5.10 Å². The van der Waals surface area contributed by atoms with E-state index in [1.165, 1.54) is 12.1 Å². The molecule has 0 aliphatic rings. The largest absolute Gasteiger partial charge is 0.329 e. The Balaban J connectivity index is 2.33. The summed E-state index contributed by atoms with van der Waals surface area (Å²) in [6, 6.07) is 6.61. The second-order valence-corrected chi connectivity index (χ2v) is 5.23. The Bertz CT molecular complexity index is 606. The predicted octanol–water partition coefficient (Wildman–Crippen LogP) is 3.14. The van der Waals surface area contributed by atoms with Crippen LogP contribution in [0.3, 0.4) is 0 Å². The van der Waals surface area contributed by atoms with Gasteiger partial charge in [0.15, 0.2) is 0 Å². The molecule has 0 bridgehead atoms. The number of hydrogen-bond acceptors (Lipinski definition) is 3. The number of nitrogens with zero attached hydrogens (tertiary/aromatic N) is 3. The van der Waals surface area contributed by atoms with E-state index in [9.17, 15) is 4.39 Å². The molecule has 0 aliphatic heterocycles. The number of rotatable bonds is 6. The van der Waals surface area contributed by atoms with Gasteiger partial charge >= 0.3 is 0 Å². The van der Waals surface area contributed by atoms with Crippen molar-refractivity contribution in [1.82, 2.24) is 15.1 Å². The van der Waals surface area contributed by atoms with E-state index in [0.717, 1.165) is 42.3 Å². The van der Waals surface area contributed by atoms with Crippen molar-refractivity contribution in [3.63, 3.8) is 0 Å². The molecule has 5 heteroatoms. The molecule has 0 amide bonds. The molecule has 4 nitrogen and oxygen atoms in total. The molecule has 1 N–H and O–H groups in total. The average molecular weight is 290 g/mol. The molecule has 0 saturated heterocycles. The number of nitrogens with one attached hydrogen (secondary N) is 1. The number of aromatic nitrogens is 2. The predicted molar refractivity (Wildman–Crippen MR) is 84.4 cm³/mol. The van der Waals surface area contributed by atoms with E-state index in [1.54, 1.807) is 6.07 Å². The fourth-order valence-electron chi connectivity index (χ4n) is 2.51.